The minimum absolute atomic E-state index is 0.133. The maximum absolute atomic E-state index is 2.47. The molecule has 0 bridgehead atoms. The standard InChI is InChI=1S/C35H32N2/c1-35(2,3)26-15-17-27(18-16-26)37-31-12-8-6-10-25(31)22-29-33(37)20-14-23-13-19-32-28(34(23)29)21-24-9-5-7-11-30(24)36(32)4/h5-20H,21-22H2,1-4H3. The molecule has 0 N–H and O–H groups in total. The van der Waals surface area contributed by atoms with Crippen molar-refractivity contribution in [3.63, 3.8) is 0 Å². The summed E-state index contributed by atoms with van der Waals surface area (Å²) in [5.41, 5.74) is 13.6. The second kappa shape index (κ2) is 7.98. The zero-order chi connectivity index (χ0) is 25.3. The third-order valence-electron chi connectivity index (χ3n) is 8.27. The zero-order valence-electron chi connectivity index (χ0n) is 22.0. The van der Waals surface area contributed by atoms with Gasteiger partial charge in [-0.25, -0.2) is 0 Å². The molecule has 0 spiro atoms. The minimum Gasteiger partial charge on any atom is -0.344 e. The molecule has 0 saturated carbocycles. The van der Waals surface area contributed by atoms with Gasteiger partial charge in [0.05, 0.1) is 5.69 Å². The maximum atomic E-state index is 2.47. The maximum Gasteiger partial charge on any atom is 0.0503 e. The number of anilines is 5. The highest BCUT2D eigenvalue weighted by Gasteiger charge is 2.29. The number of benzene rings is 5. The van der Waals surface area contributed by atoms with Crippen molar-refractivity contribution in [2.75, 3.05) is 16.8 Å². The summed E-state index contributed by atoms with van der Waals surface area (Å²) in [6.07, 6.45) is 1.91. The van der Waals surface area contributed by atoms with Crippen LogP contribution in [-0.4, -0.2) is 7.05 Å². The summed E-state index contributed by atoms with van der Waals surface area (Å²) < 4.78 is 0. The molecule has 0 unspecified atom stereocenters. The predicted molar refractivity (Wildman–Crippen MR) is 157 cm³/mol. The summed E-state index contributed by atoms with van der Waals surface area (Å²) in [7, 11) is 2.20. The molecule has 5 aromatic carbocycles. The SMILES string of the molecule is CN1c2ccccc2Cc2c1ccc1ccc3c(c21)Cc1ccccc1N3c1ccc(C(C)(C)C)cc1. The number of hydrogen-bond donors (Lipinski definition) is 0. The van der Waals surface area contributed by atoms with Crippen LogP contribution < -0.4 is 9.80 Å². The van der Waals surface area contributed by atoms with Crippen molar-refractivity contribution >= 4 is 39.2 Å². The molecule has 37 heavy (non-hydrogen) atoms. The van der Waals surface area contributed by atoms with Gasteiger partial charge >= 0.3 is 0 Å². The van der Waals surface area contributed by atoms with Crippen LogP contribution in [0.1, 0.15) is 48.6 Å². The van der Waals surface area contributed by atoms with E-state index in [1.54, 1.807) is 0 Å². The second-order valence-corrected chi connectivity index (χ2v) is 11.5. The molecular formula is C35H32N2. The molecular weight excluding hydrogens is 448 g/mol. The molecule has 0 fully saturated rings. The third-order valence-corrected chi connectivity index (χ3v) is 8.27. The minimum atomic E-state index is 0.133. The molecule has 2 aliphatic heterocycles. The van der Waals surface area contributed by atoms with Crippen LogP contribution in [0, 0.1) is 0 Å². The first kappa shape index (κ1) is 22.2. The highest BCUT2D eigenvalue weighted by atomic mass is 15.2. The van der Waals surface area contributed by atoms with E-state index in [2.05, 4.69) is 135 Å². The first-order valence-corrected chi connectivity index (χ1v) is 13.3. The predicted octanol–water partition coefficient (Wildman–Crippen LogP) is 9.18. The molecule has 2 heteroatoms. The van der Waals surface area contributed by atoms with Crippen LogP contribution in [-0.2, 0) is 18.3 Å². The molecule has 0 radical (unpaired) electrons. The van der Waals surface area contributed by atoms with E-state index in [9.17, 15) is 0 Å². The fourth-order valence-corrected chi connectivity index (χ4v) is 6.32. The molecule has 2 heterocycles. The first-order chi connectivity index (χ1) is 17.9. The molecule has 2 nitrogen and oxygen atoms in total. The molecule has 2 aliphatic rings. The van der Waals surface area contributed by atoms with Crippen LogP contribution in [0.5, 0.6) is 0 Å². The van der Waals surface area contributed by atoms with Gasteiger partial charge in [-0.05, 0) is 80.4 Å². The van der Waals surface area contributed by atoms with Crippen LogP contribution in [0.3, 0.4) is 0 Å². The highest BCUT2D eigenvalue weighted by Crippen LogP contribution is 2.49. The third kappa shape index (κ3) is 3.39. The summed E-state index contributed by atoms with van der Waals surface area (Å²) in [5.74, 6) is 0. The molecule has 5 aromatic rings. The lowest BCUT2D eigenvalue weighted by Gasteiger charge is -2.36. The van der Waals surface area contributed by atoms with Gasteiger partial charge in [0.15, 0.2) is 0 Å². The average Bonchev–Trinajstić information content (AvgIpc) is 2.91. The number of rotatable bonds is 1. The van der Waals surface area contributed by atoms with Gasteiger partial charge in [0.25, 0.3) is 0 Å². The van der Waals surface area contributed by atoms with E-state index in [-0.39, 0.29) is 5.41 Å². The number of nitrogens with zero attached hydrogens (tertiary/aromatic N) is 2. The molecule has 7 rings (SSSR count). The second-order valence-electron chi connectivity index (χ2n) is 11.5. The topological polar surface area (TPSA) is 6.48 Å². The van der Waals surface area contributed by atoms with Gasteiger partial charge in [-0.3, -0.25) is 0 Å². The first-order valence-electron chi connectivity index (χ1n) is 13.3. The normalized spacial score (nSPS) is 14.2. The summed E-state index contributed by atoms with van der Waals surface area (Å²) in [6, 6.07) is 36.2. The smallest absolute Gasteiger partial charge is 0.0503 e. The zero-order valence-corrected chi connectivity index (χ0v) is 22.0. The van der Waals surface area contributed by atoms with Crippen LogP contribution in [0.4, 0.5) is 28.4 Å². The number of hydrogen-bond acceptors (Lipinski definition) is 2. The van der Waals surface area contributed by atoms with Gasteiger partial charge in [0.1, 0.15) is 0 Å². The van der Waals surface area contributed by atoms with Crippen molar-refractivity contribution in [2.45, 2.75) is 39.0 Å². The van der Waals surface area contributed by atoms with Gasteiger partial charge in [-0.1, -0.05) is 81.4 Å². The van der Waals surface area contributed by atoms with E-state index in [0.717, 1.165) is 12.8 Å². The van der Waals surface area contributed by atoms with Crippen molar-refractivity contribution in [3.05, 3.63) is 125 Å². The Bertz CT molecular complexity index is 1670. The number of para-hydroxylation sites is 2. The quantitative estimate of drug-likeness (QED) is 0.231. The summed E-state index contributed by atoms with van der Waals surface area (Å²) in [4.78, 5) is 4.84. The van der Waals surface area contributed by atoms with Crippen LogP contribution >= 0.6 is 0 Å². The van der Waals surface area contributed by atoms with Crippen molar-refractivity contribution in [1.82, 2.24) is 0 Å². The Morgan fingerprint density at radius 1 is 0.568 bits per heavy atom. The average molecular weight is 481 g/mol. The Morgan fingerprint density at radius 3 is 1.81 bits per heavy atom. The largest absolute Gasteiger partial charge is 0.344 e. The Morgan fingerprint density at radius 2 is 1.14 bits per heavy atom. The van der Waals surface area contributed by atoms with Crippen molar-refractivity contribution in [1.29, 1.82) is 0 Å². The monoisotopic (exact) mass is 480 g/mol. The Kier molecular flexibility index (Phi) is 4.78. The fourth-order valence-electron chi connectivity index (χ4n) is 6.32. The molecule has 0 saturated heterocycles. The molecule has 0 aromatic heterocycles. The lowest BCUT2D eigenvalue weighted by atomic mass is 9.84. The molecule has 0 atom stereocenters. The summed E-state index contributed by atoms with van der Waals surface area (Å²) in [5, 5.41) is 2.75. The fraction of sp³-hybridized carbons (Fsp3) is 0.200. The van der Waals surface area contributed by atoms with Crippen LogP contribution in [0.2, 0.25) is 0 Å². The molecule has 0 amide bonds. The van der Waals surface area contributed by atoms with E-state index in [0.29, 0.717) is 0 Å². The van der Waals surface area contributed by atoms with E-state index in [4.69, 9.17) is 0 Å². The summed E-state index contributed by atoms with van der Waals surface area (Å²) >= 11 is 0. The van der Waals surface area contributed by atoms with Crippen LogP contribution in [0.15, 0.2) is 97.1 Å². The Labute approximate surface area is 219 Å². The summed E-state index contributed by atoms with van der Waals surface area (Å²) in [6.45, 7) is 6.83. The molecule has 182 valence electrons. The van der Waals surface area contributed by atoms with Gasteiger partial charge in [-0.15, -0.1) is 0 Å². The van der Waals surface area contributed by atoms with Gasteiger partial charge in [0, 0.05) is 42.6 Å². The van der Waals surface area contributed by atoms with Crippen molar-refractivity contribution in [2.24, 2.45) is 0 Å². The van der Waals surface area contributed by atoms with Gasteiger partial charge < -0.3 is 9.80 Å². The van der Waals surface area contributed by atoms with E-state index in [1.165, 1.54) is 67.0 Å². The Balaban J connectivity index is 1.47. The van der Waals surface area contributed by atoms with Gasteiger partial charge in [0.2, 0.25) is 0 Å². The lowest BCUT2D eigenvalue weighted by Crippen LogP contribution is -2.21. The van der Waals surface area contributed by atoms with Crippen LogP contribution in [0.25, 0.3) is 10.8 Å². The van der Waals surface area contributed by atoms with E-state index in [1.807, 2.05) is 0 Å². The van der Waals surface area contributed by atoms with Crippen molar-refractivity contribution in [3.8, 4) is 0 Å². The Hall–Kier alpha value is -4.04. The van der Waals surface area contributed by atoms with Crippen molar-refractivity contribution < 1.29 is 0 Å². The van der Waals surface area contributed by atoms with E-state index >= 15 is 0 Å². The molecule has 0 aliphatic carbocycles. The van der Waals surface area contributed by atoms with E-state index < -0.39 is 0 Å². The number of fused-ring (bicyclic) bond motifs is 7. The lowest BCUT2D eigenvalue weighted by molar-refractivity contribution is 0.590. The van der Waals surface area contributed by atoms with Gasteiger partial charge in [-0.2, -0.15) is 0 Å². The highest BCUT2D eigenvalue weighted by molar-refractivity contribution is 6.01.